The summed E-state index contributed by atoms with van der Waals surface area (Å²) in [6.07, 6.45) is 32.4. The van der Waals surface area contributed by atoms with Crippen LogP contribution < -0.4 is 0 Å². The molecule has 0 bridgehead atoms. The summed E-state index contributed by atoms with van der Waals surface area (Å²) in [6.45, 7) is 35.8. The molecule has 10 atom stereocenters. The van der Waals surface area contributed by atoms with E-state index in [1.54, 1.807) is 0 Å². The van der Waals surface area contributed by atoms with E-state index in [0.29, 0.717) is 61.0 Å². The highest BCUT2D eigenvalue weighted by atomic mass is 16.6. The van der Waals surface area contributed by atoms with Crippen LogP contribution in [0.3, 0.4) is 0 Å². The van der Waals surface area contributed by atoms with Crippen molar-refractivity contribution in [3.63, 3.8) is 0 Å². The summed E-state index contributed by atoms with van der Waals surface area (Å²) in [6, 6.07) is 0. The molecular weight excluding hydrogens is 841 g/mol. The van der Waals surface area contributed by atoms with Gasteiger partial charge in [-0.05, 0) is 65.2 Å². The van der Waals surface area contributed by atoms with Crippen LogP contribution in [-0.2, 0) is 56.8 Å². The van der Waals surface area contributed by atoms with Crippen molar-refractivity contribution in [2.45, 2.75) is 259 Å². The Labute approximate surface area is 406 Å². The highest BCUT2D eigenvalue weighted by molar-refractivity contribution is 4.70. The van der Waals surface area contributed by atoms with Crippen molar-refractivity contribution in [3.05, 3.63) is 0 Å². The van der Waals surface area contributed by atoms with Gasteiger partial charge in [0.05, 0.1) is 154 Å². The molecule has 396 valence electrons. The van der Waals surface area contributed by atoms with Gasteiger partial charge in [-0.25, -0.2) is 0 Å². The first-order valence-electron chi connectivity index (χ1n) is 27.6. The van der Waals surface area contributed by atoms with Crippen LogP contribution in [0.2, 0.25) is 0 Å². The molecule has 0 saturated carbocycles. The first-order chi connectivity index (χ1) is 32.2. The van der Waals surface area contributed by atoms with Gasteiger partial charge in [0, 0.05) is 0 Å². The highest BCUT2D eigenvalue weighted by Gasteiger charge is 2.23. The number of rotatable bonds is 20. The van der Waals surface area contributed by atoms with E-state index >= 15 is 0 Å². The third-order valence-electron chi connectivity index (χ3n) is 10.8. The molecule has 0 aromatic heterocycles. The van der Waals surface area contributed by atoms with Crippen molar-refractivity contribution >= 4 is 0 Å². The number of unbranched alkanes of at least 4 members (excludes halogenated alkanes) is 6. The molecular formula is C54H108O12. The molecule has 0 spiro atoms. The van der Waals surface area contributed by atoms with Gasteiger partial charge in [0.2, 0.25) is 0 Å². The van der Waals surface area contributed by atoms with Crippen LogP contribution in [-0.4, -0.2) is 154 Å². The fourth-order valence-electron chi connectivity index (χ4n) is 4.96. The Balaban J connectivity index is 0.000000363. The first-order valence-corrected chi connectivity index (χ1v) is 27.6. The van der Waals surface area contributed by atoms with Gasteiger partial charge in [0.15, 0.2) is 0 Å². The molecule has 12 rings (SSSR count). The Hall–Kier alpha value is -0.480. The van der Waals surface area contributed by atoms with Crippen molar-refractivity contribution in [1.29, 1.82) is 0 Å². The highest BCUT2D eigenvalue weighted by Crippen LogP contribution is 2.19. The SMILES string of the molecule is C1CO1.C1CO1.CC1CO1.CC1CO1.CCC1CO1.CCC1CO1.CCCC1CO1.CCCC1CO1.CCCCC1CO1.CCCCC1CO1.CCCCCC1CO1.CCCCCC1CO1. The van der Waals surface area contributed by atoms with Crippen molar-refractivity contribution < 1.29 is 56.8 Å². The summed E-state index contributed by atoms with van der Waals surface area (Å²) in [7, 11) is 0. The molecule has 0 N–H and O–H groups in total. The molecule has 0 aliphatic carbocycles. The van der Waals surface area contributed by atoms with E-state index in [-0.39, 0.29) is 0 Å². The molecule has 12 fully saturated rings. The molecule has 0 amide bonds. The smallest absolute Gasteiger partial charge is 0.0810 e. The summed E-state index contributed by atoms with van der Waals surface area (Å²) in [4.78, 5) is 0. The second-order valence-corrected chi connectivity index (χ2v) is 18.8. The topological polar surface area (TPSA) is 150 Å². The molecule has 12 nitrogen and oxygen atoms in total. The number of hydrogen-bond acceptors (Lipinski definition) is 12. The van der Waals surface area contributed by atoms with Crippen LogP contribution in [0, 0.1) is 0 Å². The lowest BCUT2D eigenvalue weighted by molar-refractivity contribution is 0.389. The first kappa shape index (κ1) is 63.5. The Bertz CT molecular complexity index is 869. The Morgan fingerprint density at radius 1 is 0.258 bits per heavy atom. The lowest BCUT2D eigenvalue weighted by Gasteiger charge is -1.90. The monoisotopic (exact) mass is 949 g/mol. The quantitative estimate of drug-likeness (QED) is 0.0844. The van der Waals surface area contributed by atoms with Crippen molar-refractivity contribution in [1.82, 2.24) is 0 Å². The number of hydrogen-bond donors (Lipinski definition) is 0. The van der Waals surface area contributed by atoms with Gasteiger partial charge in [0.25, 0.3) is 0 Å². The van der Waals surface area contributed by atoms with E-state index in [1.165, 1.54) is 128 Å². The molecule has 12 heterocycles. The van der Waals surface area contributed by atoms with Crippen LogP contribution in [0.25, 0.3) is 0 Å². The van der Waals surface area contributed by atoms with Gasteiger partial charge < -0.3 is 56.8 Å². The molecule has 66 heavy (non-hydrogen) atoms. The third kappa shape index (κ3) is 70.1. The van der Waals surface area contributed by atoms with Crippen LogP contribution in [0.15, 0.2) is 0 Å². The normalized spacial score (nSPS) is 29.9. The minimum atomic E-state index is 0.583. The van der Waals surface area contributed by atoms with E-state index in [4.69, 9.17) is 47.4 Å². The van der Waals surface area contributed by atoms with Gasteiger partial charge in [-0.1, -0.05) is 132 Å². The maximum atomic E-state index is 5.06. The molecule has 12 aliphatic heterocycles. The summed E-state index contributed by atoms with van der Waals surface area (Å²) < 4.78 is 58.2. The molecule has 0 aromatic rings. The lowest BCUT2D eigenvalue weighted by Crippen LogP contribution is -1.83. The molecule has 0 radical (unpaired) electrons. The van der Waals surface area contributed by atoms with Crippen LogP contribution in [0.5, 0.6) is 0 Å². The maximum absolute atomic E-state index is 5.06. The number of epoxide rings is 12. The minimum Gasteiger partial charge on any atom is -0.377 e. The maximum Gasteiger partial charge on any atom is 0.0810 e. The minimum absolute atomic E-state index is 0.583. The van der Waals surface area contributed by atoms with Crippen LogP contribution in [0.1, 0.15) is 198 Å². The van der Waals surface area contributed by atoms with Gasteiger partial charge in [-0.3, -0.25) is 0 Å². The lowest BCUT2D eigenvalue weighted by atomic mass is 10.2. The van der Waals surface area contributed by atoms with E-state index in [1.807, 2.05) is 0 Å². The zero-order valence-electron chi connectivity index (χ0n) is 44.7. The largest absolute Gasteiger partial charge is 0.377 e. The fourth-order valence-corrected chi connectivity index (χ4v) is 4.96. The van der Waals surface area contributed by atoms with Gasteiger partial charge >= 0.3 is 0 Å². The molecule has 12 heteroatoms. The molecule has 12 saturated heterocycles. The third-order valence-corrected chi connectivity index (χ3v) is 10.8. The van der Waals surface area contributed by atoms with Gasteiger partial charge in [-0.2, -0.15) is 0 Å². The van der Waals surface area contributed by atoms with Crippen molar-refractivity contribution in [2.24, 2.45) is 0 Å². The average Bonchev–Trinajstić information content (AvgIpc) is 4.12. The van der Waals surface area contributed by atoms with Gasteiger partial charge in [0.1, 0.15) is 0 Å². The standard InChI is InChI=1S/2C7H14O.2C6H12O.2C5H10O.2C4H8O.2C3H6O.2C2H4O/c2*1-2-3-4-5-7-6-8-7;2*1-2-3-4-6-5-7-6;2*1-2-3-5-4-6-5;2*1-2-4-3-5-4;2*1-3-2-4-3;2*1-2-3-1/h2*7H,2-6H2,1H3;2*6H,2-5H2,1H3;2*5H,2-4H2,1H3;2*4H,2-3H2,1H3;2*3H,2H2,1H3;2*1-2H2. The van der Waals surface area contributed by atoms with E-state index < -0.39 is 0 Å². The zero-order valence-corrected chi connectivity index (χ0v) is 44.7. The Morgan fingerprint density at radius 3 is 0.561 bits per heavy atom. The fraction of sp³-hybridized carbons (Fsp3) is 1.00. The predicted molar refractivity (Wildman–Crippen MR) is 268 cm³/mol. The van der Waals surface area contributed by atoms with E-state index in [2.05, 4.69) is 78.7 Å². The number of ether oxygens (including phenoxy) is 12. The average molecular weight is 949 g/mol. The second kappa shape index (κ2) is 45.6. The van der Waals surface area contributed by atoms with Crippen LogP contribution in [0.4, 0.5) is 0 Å². The van der Waals surface area contributed by atoms with Gasteiger partial charge in [-0.15, -0.1) is 0 Å². The second-order valence-electron chi connectivity index (χ2n) is 18.8. The van der Waals surface area contributed by atoms with Crippen molar-refractivity contribution in [2.75, 3.05) is 92.5 Å². The summed E-state index contributed by atoms with van der Waals surface area (Å²) >= 11 is 0. The van der Waals surface area contributed by atoms with Crippen molar-refractivity contribution in [3.8, 4) is 0 Å². The van der Waals surface area contributed by atoms with E-state index in [0.717, 1.165) is 92.5 Å². The van der Waals surface area contributed by atoms with E-state index in [9.17, 15) is 0 Å². The predicted octanol–water partition coefficient (Wildman–Crippen LogP) is 11.9. The summed E-state index contributed by atoms with van der Waals surface area (Å²) in [5, 5.41) is 0. The Morgan fingerprint density at radius 2 is 0.455 bits per heavy atom. The molecule has 10 unspecified atom stereocenters. The summed E-state index contributed by atoms with van der Waals surface area (Å²) in [5.74, 6) is 0. The zero-order chi connectivity index (χ0) is 48.3. The summed E-state index contributed by atoms with van der Waals surface area (Å²) in [5.41, 5.74) is 0. The van der Waals surface area contributed by atoms with Crippen LogP contribution >= 0.6 is 0 Å². The Kier molecular flexibility index (Phi) is 43.9. The molecule has 0 aromatic carbocycles. The molecule has 12 aliphatic rings.